The Balaban J connectivity index is 2.20. The van der Waals surface area contributed by atoms with Gasteiger partial charge in [0.25, 0.3) is 0 Å². The molecular formula is C13H15BrFNO2. The van der Waals surface area contributed by atoms with Crippen LogP contribution in [0.3, 0.4) is 0 Å². The summed E-state index contributed by atoms with van der Waals surface area (Å²) >= 11 is 3.11. The molecule has 1 atom stereocenters. The zero-order valence-corrected chi connectivity index (χ0v) is 11.7. The third-order valence-electron chi connectivity index (χ3n) is 3.23. The molecule has 1 fully saturated rings. The minimum absolute atomic E-state index is 0.257. The number of halogens is 2. The van der Waals surface area contributed by atoms with E-state index in [9.17, 15) is 14.3 Å². The quantitative estimate of drug-likeness (QED) is 0.849. The van der Waals surface area contributed by atoms with E-state index in [1.165, 1.54) is 11.0 Å². The van der Waals surface area contributed by atoms with Gasteiger partial charge in [0.2, 0.25) is 6.41 Å². The molecule has 0 aromatic heterocycles. The second-order valence-corrected chi connectivity index (χ2v) is 5.57. The predicted molar refractivity (Wildman–Crippen MR) is 71.0 cm³/mol. The number of carbonyl (C=O) groups excluding carboxylic acids is 1. The summed E-state index contributed by atoms with van der Waals surface area (Å²) in [5.41, 5.74) is 1.30. The zero-order valence-electron chi connectivity index (χ0n) is 10.1. The molecule has 1 unspecified atom stereocenters. The van der Waals surface area contributed by atoms with Crippen LogP contribution >= 0.6 is 15.9 Å². The molecule has 98 valence electrons. The van der Waals surface area contributed by atoms with Gasteiger partial charge in [-0.3, -0.25) is 4.79 Å². The molecule has 0 spiro atoms. The third kappa shape index (κ3) is 2.90. The van der Waals surface area contributed by atoms with Gasteiger partial charge in [0, 0.05) is 5.69 Å². The molecule has 2 rings (SSSR count). The van der Waals surface area contributed by atoms with Crippen LogP contribution < -0.4 is 4.90 Å². The van der Waals surface area contributed by atoms with Crippen LogP contribution in [0.25, 0.3) is 0 Å². The van der Waals surface area contributed by atoms with Gasteiger partial charge in [0.15, 0.2) is 0 Å². The molecule has 3 nitrogen and oxygen atoms in total. The lowest BCUT2D eigenvalue weighted by atomic mass is 10.1. The Morgan fingerprint density at radius 1 is 1.61 bits per heavy atom. The summed E-state index contributed by atoms with van der Waals surface area (Å²) in [6.45, 7) is 2.00. The monoisotopic (exact) mass is 315 g/mol. The molecule has 5 heteroatoms. The Kier molecular flexibility index (Phi) is 4.02. The minimum atomic E-state index is -0.501. The van der Waals surface area contributed by atoms with Crippen molar-refractivity contribution in [3.63, 3.8) is 0 Å². The smallest absolute Gasteiger partial charge is 0.214 e. The van der Waals surface area contributed by atoms with E-state index in [0.29, 0.717) is 28.1 Å². The van der Waals surface area contributed by atoms with E-state index in [2.05, 4.69) is 15.9 Å². The van der Waals surface area contributed by atoms with E-state index in [4.69, 9.17) is 0 Å². The molecule has 1 aromatic rings. The lowest BCUT2D eigenvalue weighted by Gasteiger charge is -2.23. The first-order valence-electron chi connectivity index (χ1n) is 5.88. The number of rotatable bonds is 5. The number of hydrogen-bond acceptors (Lipinski definition) is 2. The van der Waals surface area contributed by atoms with E-state index in [0.717, 1.165) is 12.8 Å². The molecule has 1 saturated carbocycles. The summed E-state index contributed by atoms with van der Waals surface area (Å²) in [4.78, 5) is 12.6. The fourth-order valence-electron chi connectivity index (χ4n) is 1.97. The van der Waals surface area contributed by atoms with Gasteiger partial charge in [-0.1, -0.05) is 0 Å². The maximum absolute atomic E-state index is 13.3. The van der Waals surface area contributed by atoms with Crippen molar-refractivity contribution in [1.82, 2.24) is 0 Å². The standard InChI is InChI=1S/C13H15BrFNO2/c1-8-4-11(15)10(14)5-12(8)16(7-17)6-13(18)9-2-3-9/h4-5,7,9,13,18H,2-3,6H2,1H3. The fourth-order valence-corrected chi connectivity index (χ4v) is 2.31. The normalized spacial score (nSPS) is 16.4. The number of hydrogen-bond donors (Lipinski definition) is 1. The van der Waals surface area contributed by atoms with Crippen molar-refractivity contribution in [2.75, 3.05) is 11.4 Å². The Bertz CT molecular complexity index is 463. The average Bonchev–Trinajstić information content (AvgIpc) is 3.15. The van der Waals surface area contributed by atoms with Crippen LogP contribution in [0.4, 0.5) is 10.1 Å². The Hall–Kier alpha value is -0.940. The Labute approximate surface area is 114 Å². The molecule has 1 amide bonds. The van der Waals surface area contributed by atoms with Gasteiger partial charge in [-0.2, -0.15) is 0 Å². The minimum Gasteiger partial charge on any atom is -0.391 e. The topological polar surface area (TPSA) is 40.5 Å². The summed E-state index contributed by atoms with van der Waals surface area (Å²) in [6.07, 6.45) is 2.21. The first kappa shape index (κ1) is 13.5. The number of benzene rings is 1. The highest BCUT2D eigenvalue weighted by atomic mass is 79.9. The first-order valence-corrected chi connectivity index (χ1v) is 6.68. The third-order valence-corrected chi connectivity index (χ3v) is 3.83. The van der Waals surface area contributed by atoms with Gasteiger partial charge in [0.1, 0.15) is 5.82 Å². The highest BCUT2D eigenvalue weighted by Gasteiger charge is 2.31. The molecule has 18 heavy (non-hydrogen) atoms. The van der Waals surface area contributed by atoms with Crippen LogP contribution in [0.1, 0.15) is 18.4 Å². The van der Waals surface area contributed by atoms with Gasteiger partial charge in [-0.15, -0.1) is 0 Å². The molecule has 1 aliphatic rings. The lowest BCUT2D eigenvalue weighted by Crippen LogP contribution is -2.33. The van der Waals surface area contributed by atoms with Crippen LogP contribution in [0.15, 0.2) is 16.6 Å². The number of aryl methyl sites for hydroxylation is 1. The largest absolute Gasteiger partial charge is 0.391 e. The van der Waals surface area contributed by atoms with Crippen LogP contribution in [0, 0.1) is 18.7 Å². The summed E-state index contributed by atoms with van der Waals surface area (Å²) < 4.78 is 13.6. The van der Waals surface area contributed by atoms with Crippen molar-refractivity contribution in [3.05, 3.63) is 28.0 Å². The number of aliphatic hydroxyl groups excluding tert-OH is 1. The van der Waals surface area contributed by atoms with Crippen molar-refractivity contribution in [2.45, 2.75) is 25.9 Å². The van der Waals surface area contributed by atoms with Crippen molar-refractivity contribution in [1.29, 1.82) is 0 Å². The van der Waals surface area contributed by atoms with Gasteiger partial charge in [0.05, 0.1) is 17.1 Å². The van der Waals surface area contributed by atoms with Crippen molar-refractivity contribution < 1.29 is 14.3 Å². The number of anilines is 1. The summed E-state index contributed by atoms with van der Waals surface area (Å²) in [7, 11) is 0. The SMILES string of the molecule is Cc1cc(F)c(Br)cc1N(C=O)CC(O)C1CC1. The van der Waals surface area contributed by atoms with Crippen molar-refractivity contribution in [3.8, 4) is 0 Å². The molecule has 1 aliphatic carbocycles. The van der Waals surface area contributed by atoms with Gasteiger partial charge in [-0.05, 0) is 59.3 Å². The molecule has 0 heterocycles. The Morgan fingerprint density at radius 2 is 2.28 bits per heavy atom. The van der Waals surface area contributed by atoms with Gasteiger partial charge in [-0.25, -0.2) is 4.39 Å². The number of nitrogens with zero attached hydrogens (tertiary/aromatic N) is 1. The van der Waals surface area contributed by atoms with Gasteiger partial charge < -0.3 is 10.0 Å². The Morgan fingerprint density at radius 3 is 2.83 bits per heavy atom. The summed E-state index contributed by atoms with van der Waals surface area (Å²) in [5.74, 6) is -0.0542. The molecule has 0 radical (unpaired) electrons. The van der Waals surface area contributed by atoms with E-state index in [1.807, 2.05) is 0 Å². The van der Waals surface area contributed by atoms with E-state index < -0.39 is 6.10 Å². The molecule has 0 aliphatic heterocycles. The second-order valence-electron chi connectivity index (χ2n) is 4.72. The number of carbonyl (C=O) groups is 1. The molecule has 1 aromatic carbocycles. The second kappa shape index (κ2) is 5.36. The van der Waals surface area contributed by atoms with E-state index in [1.54, 1.807) is 13.0 Å². The number of aliphatic hydroxyl groups is 1. The molecule has 0 saturated heterocycles. The average molecular weight is 316 g/mol. The maximum atomic E-state index is 13.3. The fraction of sp³-hybridized carbons (Fsp3) is 0.462. The summed E-state index contributed by atoms with van der Waals surface area (Å²) in [5, 5.41) is 9.88. The summed E-state index contributed by atoms with van der Waals surface area (Å²) in [6, 6.07) is 2.94. The van der Waals surface area contributed by atoms with Crippen LogP contribution in [-0.2, 0) is 4.79 Å². The van der Waals surface area contributed by atoms with Crippen LogP contribution in [0.2, 0.25) is 0 Å². The molecule has 0 bridgehead atoms. The van der Waals surface area contributed by atoms with Crippen molar-refractivity contribution >= 4 is 28.0 Å². The lowest BCUT2D eigenvalue weighted by molar-refractivity contribution is -0.107. The maximum Gasteiger partial charge on any atom is 0.214 e. The van der Waals surface area contributed by atoms with E-state index in [-0.39, 0.29) is 12.4 Å². The number of amides is 1. The zero-order chi connectivity index (χ0) is 13.3. The first-order chi connectivity index (χ1) is 8.52. The predicted octanol–water partition coefficient (Wildman–Crippen LogP) is 2.63. The van der Waals surface area contributed by atoms with Crippen molar-refractivity contribution in [2.24, 2.45) is 5.92 Å². The highest BCUT2D eigenvalue weighted by molar-refractivity contribution is 9.10. The van der Waals surface area contributed by atoms with E-state index >= 15 is 0 Å². The van der Waals surface area contributed by atoms with Crippen LogP contribution in [-0.4, -0.2) is 24.2 Å². The van der Waals surface area contributed by atoms with Gasteiger partial charge >= 0.3 is 0 Å². The van der Waals surface area contributed by atoms with Crippen LogP contribution in [0.5, 0.6) is 0 Å². The highest BCUT2D eigenvalue weighted by Crippen LogP contribution is 2.34. The molecule has 1 N–H and O–H groups in total. The molecular weight excluding hydrogens is 301 g/mol.